The van der Waals surface area contributed by atoms with Crippen LogP contribution in [-0.2, 0) is 0 Å². The van der Waals surface area contributed by atoms with Gasteiger partial charge in [-0.05, 0) is 69.8 Å². The summed E-state index contributed by atoms with van der Waals surface area (Å²) in [4.78, 5) is 18.1. The highest BCUT2D eigenvalue weighted by Crippen LogP contribution is 2.44. The molecule has 4 aliphatic rings. The molecule has 0 radical (unpaired) electrons. The van der Waals surface area contributed by atoms with Crippen molar-refractivity contribution < 1.29 is 17.9 Å². The Balaban J connectivity index is 1.26. The van der Waals surface area contributed by atoms with E-state index in [0.29, 0.717) is 29.7 Å². The first kappa shape index (κ1) is 28.5. The maximum atomic E-state index is 16.8. The van der Waals surface area contributed by atoms with Crippen LogP contribution in [-0.4, -0.2) is 76.4 Å². The molecule has 0 aliphatic carbocycles. The number of anilines is 2. The number of piperidine rings is 1. The van der Waals surface area contributed by atoms with Gasteiger partial charge in [0.05, 0.1) is 20.8 Å². The molecule has 3 N–H and O–H groups in total. The van der Waals surface area contributed by atoms with Gasteiger partial charge in [0.15, 0.2) is 10.9 Å². The minimum atomic E-state index is -0.898. The number of thiazole rings is 1. The van der Waals surface area contributed by atoms with Gasteiger partial charge in [0.25, 0.3) is 0 Å². The van der Waals surface area contributed by atoms with Gasteiger partial charge in [0.1, 0.15) is 29.9 Å². The van der Waals surface area contributed by atoms with Crippen molar-refractivity contribution in [3.63, 3.8) is 0 Å². The summed E-state index contributed by atoms with van der Waals surface area (Å²) in [7, 11) is 0. The Morgan fingerprint density at radius 2 is 1.93 bits per heavy atom. The number of rotatable bonds is 5. The normalized spacial score (nSPS) is 27.3. The van der Waals surface area contributed by atoms with Crippen molar-refractivity contribution in [2.75, 3.05) is 50.0 Å². The Morgan fingerprint density at radius 1 is 1.09 bits per heavy atom. The second-order valence-electron chi connectivity index (χ2n) is 12.8. The molecule has 232 valence electrons. The van der Waals surface area contributed by atoms with E-state index in [2.05, 4.69) is 25.1 Å². The molecule has 3 atom stereocenters. The molecule has 13 heteroatoms. The zero-order valence-corrected chi connectivity index (χ0v) is 25.7. The van der Waals surface area contributed by atoms with E-state index in [-0.39, 0.29) is 49.6 Å². The molecule has 6 heterocycles. The molecule has 2 aromatic heterocycles. The van der Waals surface area contributed by atoms with Gasteiger partial charge in [-0.3, -0.25) is 4.90 Å². The highest BCUT2D eigenvalue weighted by atomic mass is 35.5. The van der Waals surface area contributed by atoms with Crippen molar-refractivity contribution >= 4 is 55.0 Å². The van der Waals surface area contributed by atoms with Crippen LogP contribution in [0.5, 0.6) is 6.01 Å². The van der Waals surface area contributed by atoms with Gasteiger partial charge in [0.2, 0.25) is 0 Å². The van der Waals surface area contributed by atoms with Gasteiger partial charge in [0, 0.05) is 48.1 Å². The fourth-order valence-corrected chi connectivity index (χ4v) is 9.14. The Bertz CT molecular complexity index is 1780. The van der Waals surface area contributed by atoms with Crippen LogP contribution in [0.25, 0.3) is 32.2 Å². The first-order valence-electron chi connectivity index (χ1n) is 15.3. The fraction of sp³-hybridized carbons (Fsp3) is 0.516. The van der Waals surface area contributed by atoms with E-state index in [9.17, 15) is 8.78 Å². The van der Waals surface area contributed by atoms with Gasteiger partial charge < -0.3 is 20.7 Å². The highest BCUT2D eigenvalue weighted by molar-refractivity contribution is 7.22. The lowest BCUT2D eigenvalue weighted by atomic mass is 9.87. The van der Waals surface area contributed by atoms with Crippen LogP contribution in [0.2, 0.25) is 5.02 Å². The van der Waals surface area contributed by atoms with Crippen LogP contribution >= 0.6 is 22.9 Å². The quantitative estimate of drug-likeness (QED) is 0.270. The van der Waals surface area contributed by atoms with E-state index in [1.165, 1.54) is 12.1 Å². The minimum absolute atomic E-state index is 0.0214. The Hall–Kier alpha value is -2.93. The van der Waals surface area contributed by atoms with Crippen LogP contribution in [0.3, 0.4) is 0 Å². The highest BCUT2D eigenvalue weighted by Gasteiger charge is 2.49. The van der Waals surface area contributed by atoms with Gasteiger partial charge in [-0.1, -0.05) is 22.9 Å². The van der Waals surface area contributed by atoms with Crippen molar-refractivity contribution in [2.45, 2.75) is 62.2 Å². The van der Waals surface area contributed by atoms with Crippen LogP contribution in [0, 0.1) is 11.6 Å². The van der Waals surface area contributed by atoms with Crippen molar-refractivity contribution in [2.24, 2.45) is 0 Å². The lowest BCUT2D eigenvalue weighted by Crippen LogP contribution is -2.54. The van der Waals surface area contributed by atoms with Crippen LogP contribution < -0.4 is 20.7 Å². The summed E-state index contributed by atoms with van der Waals surface area (Å²) in [5.74, 6) is -0.600. The standard InChI is InChI=1S/C31H33ClF3N7OS/c32-20-12-19-24(23(35)22(20)18-4-5-21(34)26-25(18)38-28(36)44-26)39-29(43-16-31-8-3-11-42(31)14-17(33)13-31)40-27(19)41-10-2-7-30(15-41)6-1-9-37-30/h4-5,12,17,37H,1-3,6-11,13-16H2,(H2,36,38)/t17-,30?,31+/m1/s1. The molecule has 4 aliphatic heterocycles. The van der Waals surface area contributed by atoms with Gasteiger partial charge in [-0.25, -0.2) is 18.2 Å². The Labute approximate surface area is 261 Å². The van der Waals surface area contributed by atoms with Crippen molar-refractivity contribution in [3.8, 4) is 17.1 Å². The molecule has 8 rings (SSSR count). The summed E-state index contributed by atoms with van der Waals surface area (Å²) in [5.41, 5.74) is 6.17. The van der Waals surface area contributed by atoms with E-state index in [4.69, 9.17) is 27.1 Å². The largest absolute Gasteiger partial charge is 0.461 e. The maximum absolute atomic E-state index is 16.8. The second-order valence-corrected chi connectivity index (χ2v) is 14.2. The molecule has 8 nitrogen and oxygen atoms in total. The summed E-state index contributed by atoms with van der Waals surface area (Å²) < 4.78 is 52.4. The SMILES string of the molecule is Nc1nc2c(-c3c(Cl)cc4c(N5CCCC6(CCCN6)C5)nc(OC[C@@]56CCCN5C[C@H](F)C6)nc4c3F)ccc(F)c2s1. The molecule has 44 heavy (non-hydrogen) atoms. The molecule has 4 saturated heterocycles. The monoisotopic (exact) mass is 643 g/mol. The van der Waals surface area contributed by atoms with Crippen LogP contribution in [0.1, 0.15) is 44.9 Å². The number of nitrogens with two attached hydrogens (primary N) is 1. The van der Waals surface area contributed by atoms with Gasteiger partial charge in [-0.15, -0.1) is 0 Å². The maximum Gasteiger partial charge on any atom is 0.319 e. The number of ether oxygens (including phenoxy) is 1. The fourth-order valence-electron chi connectivity index (χ4n) is 8.08. The van der Waals surface area contributed by atoms with Crippen LogP contribution in [0.15, 0.2) is 18.2 Å². The summed E-state index contributed by atoms with van der Waals surface area (Å²) in [6.07, 6.45) is 5.51. The molecule has 4 fully saturated rings. The average molecular weight is 644 g/mol. The van der Waals surface area contributed by atoms with E-state index >= 15 is 4.39 Å². The van der Waals surface area contributed by atoms with Gasteiger partial charge in [-0.2, -0.15) is 9.97 Å². The molecule has 4 aromatic rings. The topological polar surface area (TPSA) is 92.4 Å². The number of halogens is 4. The average Bonchev–Trinajstić information content (AvgIpc) is 3.77. The number of benzene rings is 2. The van der Waals surface area contributed by atoms with Crippen molar-refractivity contribution in [1.82, 2.24) is 25.2 Å². The smallest absolute Gasteiger partial charge is 0.319 e. The van der Waals surface area contributed by atoms with E-state index < -0.39 is 23.3 Å². The number of alkyl halides is 1. The lowest BCUT2D eigenvalue weighted by molar-refractivity contribution is 0.107. The second kappa shape index (κ2) is 10.6. The summed E-state index contributed by atoms with van der Waals surface area (Å²) in [6, 6.07) is 4.46. The van der Waals surface area contributed by atoms with Gasteiger partial charge >= 0.3 is 6.01 Å². The predicted molar refractivity (Wildman–Crippen MR) is 167 cm³/mol. The zero-order valence-electron chi connectivity index (χ0n) is 24.1. The third kappa shape index (κ3) is 4.59. The van der Waals surface area contributed by atoms with E-state index in [1.807, 2.05) is 0 Å². The van der Waals surface area contributed by atoms with Crippen molar-refractivity contribution in [3.05, 3.63) is 34.9 Å². The molecule has 0 saturated carbocycles. The zero-order chi connectivity index (χ0) is 30.2. The minimum Gasteiger partial charge on any atom is -0.461 e. The summed E-state index contributed by atoms with van der Waals surface area (Å²) in [6.45, 7) is 3.89. The molecule has 1 spiro atoms. The third-order valence-electron chi connectivity index (χ3n) is 10.1. The summed E-state index contributed by atoms with van der Waals surface area (Å²) >= 11 is 7.83. The first-order chi connectivity index (χ1) is 21.2. The molecular weight excluding hydrogens is 611 g/mol. The first-order valence-corrected chi connectivity index (χ1v) is 16.5. The molecule has 1 unspecified atom stereocenters. The Kier molecular flexibility index (Phi) is 6.86. The Morgan fingerprint density at radius 3 is 2.77 bits per heavy atom. The lowest BCUT2D eigenvalue weighted by Gasteiger charge is -2.41. The molecular formula is C31H33ClF3N7OS. The molecule has 0 bridgehead atoms. The van der Waals surface area contributed by atoms with Crippen molar-refractivity contribution in [1.29, 1.82) is 0 Å². The van der Waals surface area contributed by atoms with E-state index in [1.54, 1.807) is 6.07 Å². The number of hydrogen-bond donors (Lipinski definition) is 2. The number of fused-ring (bicyclic) bond motifs is 3. The molecule has 2 aromatic carbocycles. The number of nitrogens with zero attached hydrogens (tertiary/aromatic N) is 5. The molecule has 0 amide bonds. The number of nitrogen functional groups attached to an aromatic ring is 1. The number of hydrogen-bond acceptors (Lipinski definition) is 9. The number of aromatic nitrogens is 3. The third-order valence-corrected chi connectivity index (χ3v) is 11.3. The van der Waals surface area contributed by atoms with E-state index in [0.717, 1.165) is 76.0 Å². The summed E-state index contributed by atoms with van der Waals surface area (Å²) in [5, 5.41) is 4.48. The van der Waals surface area contributed by atoms with Crippen LogP contribution in [0.4, 0.5) is 24.1 Å². The predicted octanol–water partition coefficient (Wildman–Crippen LogP) is 6.10. The number of nitrogens with one attached hydrogen (secondary N) is 1.